The number of amides is 1. The van der Waals surface area contributed by atoms with E-state index in [-0.39, 0.29) is 19.6 Å². The molecular formula is C15H17F3N4O2. The molecule has 2 aromatic rings. The van der Waals surface area contributed by atoms with Gasteiger partial charge in [-0.1, -0.05) is 0 Å². The highest BCUT2D eigenvalue weighted by molar-refractivity contribution is 5.77. The fraction of sp³-hybridized carbons (Fsp3) is 0.467. The Hall–Kier alpha value is -2.29. The predicted octanol–water partition coefficient (Wildman–Crippen LogP) is 2.07. The van der Waals surface area contributed by atoms with Crippen LogP contribution < -0.4 is 5.73 Å². The van der Waals surface area contributed by atoms with Crippen molar-refractivity contribution in [2.45, 2.75) is 19.6 Å². The molecule has 1 aliphatic heterocycles. The molecule has 9 heteroatoms. The molecule has 0 radical (unpaired) electrons. The SMILES string of the molecule is Cc1ccc(-c2[nH]ncc2CN2C[C@@H](C(F)(F)F)[C@H](C(N)=O)C2)o1. The second-order valence-corrected chi connectivity index (χ2v) is 6.03. The van der Waals surface area contributed by atoms with E-state index < -0.39 is 23.9 Å². The summed E-state index contributed by atoms with van der Waals surface area (Å²) < 4.78 is 44.8. The number of hydrogen-bond donors (Lipinski definition) is 2. The number of aryl methyl sites for hydroxylation is 1. The maximum absolute atomic E-state index is 13.1. The monoisotopic (exact) mass is 342 g/mol. The van der Waals surface area contributed by atoms with Gasteiger partial charge in [0, 0.05) is 25.2 Å². The first-order chi connectivity index (χ1) is 11.3. The number of nitrogens with one attached hydrogen (secondary N) is 1. The lowest BCUT2D eigenvalue weighted by atomic mass is 9.95. The first kappa shape index (κ1) is 16.6. The minimum atomic E-state index is -4.45. The quantitative estimate of drug-likeness (QED) is 0.890. The standard InChI is InChI=1S/C15H17F3N4O2/c1-8-2-3-12(24-8)13-9(4-20-21-13)5-22-6-10(14(19)23)11(7-22)15(16,17)18/h2-4,10-11H,5-7H2,1H3,(H2,19,23)(H,20,21)/t10-,11-/m1/s1. The number of furan rings is 1. The molecule has 0 saturated carbocycles. The number of nitrogens with two attached hydrogens (primary N) is 1. The van der Waals surface area contributed by atoms with Gasteiger partial charge in [-0.05, 0) is 19.1 Å². The van der Waals surface area contributed by atoms with Gasteiger partial charge in [-0.25, -0.2) is 0 Å². The molecule has 0 aliphatic carbocycles. The Morgan fingerprint density at radius 3 is 2.75 bits per heavy atom. The van der Waals surface area contributed by atoms with E-state index in [1.807, 2.05) is 0 Å². The molecule has 6 nitrogen and oxygen atoms in total. The van der Waals surface area contributed by atoms with Crippen molar-refractivity contribution in [3.05, 3.63) is 29.7 Å². The fourth-order valence-electron chi connectivity index (χ4n) is 3.09. The summed E-state index contributed by atoms with van der Waals surface area (Å²) in [5.41, 5.74) is 6.47. The van der Waals surface area contributed by atoms with Crippen molar-refractivity contribution in [2.24, 2.45) is 17.6 Å². The highest BCUT2D eigenvalue weighted by atomic mass is 19.4. The highest BCUT2D eigenvalue weighted by Gasteiger charge is 2.51. The Bertz CT molecular complexity index is 737. The summed E-state index contributed by atoms with van der Waals surface area (Å²) >= 11 is 0. The lowest BCUT2D eigenvalue weighted by Crippen LogP contribution is -2.37. The molecule has 0 bridgehead atoms. The number of hydrogen-bond acceptors (Lipinski definition) is 4. The van der Waals surface area contributed by atoms with Gasteiger partial charge in [-0.3, -0.25) is 14.8 Å². The summed E-state index contributed by atoms with van der Waals surface area (Å²) in [4.78, 5) is 12.9. The first-order valence-electron chi connectivity index (χ1n) is 7.43. The van der Waals surface area contributed by atoms with Crippen molar-refractivity contribution in [2.75, 3.05) is 13.1 Å². The van der Waals surface area contributed by atoms with Gasteiger partial charge in [-0.2, -0.15) is 18.3 Å². The molecule has 1 amide bonds. The number of H-pyrrole nitrogens is 1. The third-order valence-corrected chi connectivity index (χ3v) is 4.28. The van der Waals surface area contributed by atoms with E-state index in [1.165, 1.54) is 0 Å². The van der Waals surface area contributed by atoms with E-state index in [1.54, 1.807) is 30.2 Å². The van der Waals surface area contributed by atoms with Crippen LogP contribution in [-0.4, -0.2) is 40.3 Å². The zero-order valence-corrected chi connectivity index (χ0v) is 12.9. The van der Waals surface area contributed by atoms with E-state index >= 15 is 0 Å². The summed E-state index contributed by atoms with van der Waals surface area (Å²) in [6, 6.07) is 3.56. The van der Waals surface area contributed by atoms with Crippen molar-refractivity contribution in [1.29, 1.82) is 0 Å². The van der Waals surface area contributed by atoms with Crippen molar-refractivity contribution in [1.82, 2.24) is 15.1 Å². The molecule has 130 valence electrons. The van der Waals surface area contributed by atoms with Gasteiger partial charge in [0.05, 0.1) is 18.0 Å². The van der Waals surface area contributed by atoms with Gasteiger partial charge >= 0.3 is 6.18 Å². The van der Waals surface area contributed by atoms with Gasteiger partial charge < -0.3 is 10.2 Å². The number of primary amides is 1. The summed E-state index contributed by atoms with van der Waals surface area (Å²) in [6.45, 7) is 1.73. The molecule has 2 atom stereocenters. The van der Waals surface area contributed by atoms with Crippen LogP contribution in [0, 0.1) is 18.8 Å². The lowest BCUT2D eigenvalue weighted by molar-refractivity contribution is -0.182. The van der Waals surface area contributed by atoms with Gasteiger partial charge in [0.2, 0.25) is 5.91 Å². The molecule has 1 aliphatic rings. The van der Waals surface area contributed by atoms with Crippen LogP contribution in [0.5, 0.6) is 0 Å². The van der Waals surface area contributed by atoms with Crippen LogP contribution in [0.3, 0.4) is 0 Å². The molecule has 1 fully saturated rings. The number of alkyl halides is 3. The molecule has 0 spiro atoms. The Kier molecular flexibility index (Phi) is 4.12. The van der Waals surface area contributed by atoms with E-state index in [4.69, 9.17) is 10.2 Å². The molecule has 2 aromatic heterocycles. The van der Waals surface area contributed by atoms with Gasteiger partial charge in [0.25, 0.3) is 0 Å². The number of likely N-dealkylation sites (tertiary alicyclic amines) is 1. The number of rotatable bonds is 4. The smallest absolute Gasteiger partial charge is 0.393 e. The topological polar surface area (TPSA) is 88.1 Å². The second-order valence-electron chi connectivity index (χ2n) is 6.03. The highest BCUT2D eigenvalue weighted by Crippen LogP contribution is 2.38. The first-order valence-corrected chi connectivity index (χ1v) is 7.43. The van der Waals surface area contributed by atoms with E-state index in [9.17, 15) is 18.0 Å². The normalized spacial score (nSPS) is 22.2. The van der Waals surface area contributed by atoms with Crippen LogP contribution in [0.15, 0.2) is 22.7 Å². The maximum Gasteiger partial charge on any atom is 0.393 e. The van der Waals surface area contributed by atoms with Crippen LogP contribution in [0.4, 0.5) is 13.2 Å². The van der Waals surface area contributed by atoms with Crippen LogP contribution in [0.1, 0.15) is 11.3 Å². The molecule has 3 N–H and O–H groups in total. The van der Waals surface area contributed by atoms with Crippen LogP contribution in [0.25, 0.3) is 11.5 Å². The van der Waals surface area contributed by atoms with Crippen LogP contribution in [0.2, 0.25) is 0 Å². The van der Waals surface area contributed by atoms with Crippen LogP contribution in [-0.2, 0) is 11.3 Å². The summed E-state index contributed by atoms with van der Waals surface area (Å²) in [5, 5.41) is 6.75. The predicted molar refractivity (Wildman–Crippen MR) is 78.5 cm³/mol. The van der Waals surface area contributed by atoms with Crippen molar-refractivity contribution < 1.29 is 22.4 Å². The Morgan fingerprint density at radius 1 is 1.46 bits per heavy atom. The number of aromatic amines is 1. The third kappa shape index (κ3) is 3.16. The lowest BCUT2D eigenvalue weighted by Gasteiger charge is -2.18. The van der Waals surface area contributed by atoms with Crippen molar-refractivity contribution in [3.63, 3.8) is 0 Å². The Morgan fingerprint density at radius 2 is 2.21 bits per heavy atom. The number of carbonyl (C=O) groups is 1. The van der Waals surface area contributed by atoms with Gasteiger partial charge in [0.1, 0.15) is 11.5 Å². The number of carbonyl (C=O) groups excluding carboxylic acids is 1. The number of halogens is 3. The molecular weight excluding hydrogens is 325 g/mol. The van der Waals surface area contributed by atoms with E-state index in [0.717, 1.165) is 5.76 Å². The third-order valence-electron chi connectivity index (χ3n) is 4.28. The molecule has 1 saturated heterocycles. The second kappa shape index (κ2) is 5.97. The minimum absolute atomic E-state index is 0.0265. The van der Waals surface area contributed by atoms with Crippen molar-refractivity contribution >= 4 is 5.91 Å². The van der Waals surface area contributed by atoms with E-state index in [0.29, 0.717) is 17.0 Å². The average Bonchev–Trinajstić information content (AvgIpc) is 3.17. The zero-order chi connectivity index (χ0) is 17.5. The van der Waals surface area contributed by atoms with Crippen LogP contribution >= 0.6 is 0 Å². The largest absolute Gasteiger partial charge is 0.460 e. The zero-order valence-electron chi connectivity index (χ0n) is 12.9. The Balaban J connectivity index is 1.78. The molecule has 24 heavy (non-hydrogen) atoms. The summed E-state index contributed by atoms with van der Waals surface area (Å²) in [5.74, 6) is -2.60. The average molecular weight is 342 g/mol. The summed E-state index contributed by atoms with van der Waals surface area (Å²) in [7, 11) is 0. The molecule has 0 unspecified atom stereocenters. The summed E-state index contributed by atoms with van der Waals surface area (Å²) in [6.07, 6.45) is -2.90. The minimum Gasteiger partial charge on any atom is -0.460 e. The number of aromatic nitrogens is 2. The van der Waals surface area contributed by atoms with Gasteiger partial charge in [-0.15, -0.1) is 0 Å². The molecule has 3 rings (SSSR count). The van der Waals surface area contributed by atoms with Gasteiger partial charge in [0.15, 0.2) is 5.76 Å². The fourth-order valence-corrected chi connectivity index (χ4v) is 3.09. The Labute approximate surface area is 135 Å². The number of nitrogens with zero attached hydrogens (tertiary/aromatic N) is 2. The molecule has 3 heterocycles. The maximum atomic E-state index is 13.1. The van der Waals surface area contributed by atoms with E-state index in [2.05, 4.69) is 10.2 Å². The van der Waals surface area contributed by atoms with Crippen molar-refractivity contribution in [3.8, 4) is 11.5 Å². The molecule has 0 aromatic carbocycles.